The van der Waals surface area contributed by atoms with Gasteiger partial charge < -0.3 is 0 Å². The van der Waals surface area contributed by atoms with E-state index in [1.54, 1.807) is 36.4 Å². The number of carbonyl (C=O) groups excluding carboxylic acids is 1. The zero-order chi connectivity index (χ0) is 24.1. The number of nitro benzene ring substituents is 2. The summed E-state index contributed by atoms with van der Waals surface area (Å²) in [6.07, 6.45) is 3.51. The SMILES string of the molecule is O=C1/C(=C/c2ccc([N+](=O)[O-])cc2)CN(Cc2ccccc2)C/C1=C\c1ccc([N+](=O)[O-])cc1. The van der Waals surface area contributed by atoms with Gasteiger partial charge in [-0.05, 0) is 53.1 Å². The quantitative estimate of drug-likeness (QED) is 0.292. The lowest BCUT2D eigenvalue weighted by atomic mass is 9.93. The summed E-state index contributed by atoms with van der Waals surface area (Å²) in [6.45, 7) is 1.51. The van der Waals surface area contributed by atoms with E-state index in [2.05, 4.69) is 4.90 Å². The molecule has 0 N–H and O–H groups in total. The zero-order valence-electron chi connectivity index (χ0n) is 18.2. The lowest BCUT2D eigenvalue weighted by Gasteiger charge is -2.30. The van der Waals surface area contributed by atoms with E-state index in [0.717, 1.165) is 5.56 Å². The molecule has 8 nitrogen and oxygen atoms in total. The number of ketones is 1. The van der Waals surface area contributed by atoms with Crippen LogP contribution in [0.25, 0.3) is 12.2 Å². The second-order valence-electron chi connectivity index (χ2n) is 8.00. The standard InChI is InChI=1S/C26H21N3O5/c30-26-22(14-19-6-10-24(11-7-19)28(31)32)17-27(16-21-4-2-1-3-5-21)18-23(26)15-20-8-12-25(13-9-20)29(33)34/h1-15H,16-18H2/b22-14+,23-15+. The largest absolute Gasteiger partial charge is 0.290 e. The van der Waals surface area contributed by atoms with E-state index in [0.29, 0.717) is 41.9 Å². The molecule has 1 saturated heterocycles. The van der Waals surface area contributed by atoms with Crippen LogP contribution >= 0.6 is 0 Å². The first-order chi connectivity index (χ1) is 16.4. The van der Waals surface area contributed by atoms with Gasteiger partial charge in [-0.1, -0.05) is 30.3 Å². The molecular formula is C26H21N3O5. The number of nitro groups is 2. The van der Waals surface area contributed by atoms with Gasteiger partial charge in [-0.3, -0.25) is 29.9 Å². The fourth-order valence-corrected chi connectivity index (χ4v) is 3.85. The number of nitrogens with zero attached hydrogens (tertiary/aromatic N) is 3. The second-order valence-corrected chi connectivity index (χ2v) is 8.00. The Morgan fingerprint density at radius 1 is 0.706 bits per heavy atom. The third kappa shape index (κ3) is 5.48. The van der Waals surface area contributed by atoms with Crippen molar-refractivity contribution in [1.29, 1.82) is 0 Å². The molecule has 34 heavy (non-hydrogen) atoms. The van der Waals surface area contributed by atoms with Crippen LogP contribution in [0.15, 0.2) is 90.0 Å². The number of Topliss-reactive ketones (excluding diaryl/α,β-unsaturated/α-hetero) is 1. The fourth-order valence-electron chi connectivity index (χ4n) is 3.85. The normalized spacial score (nSPS) is 16.6. The van der Waals surface area contributed by atoms with Gasteiger partial charge in [0.15, 0.2) is 5.78 Å². The monoisotopic (exact) mass is 455 g/mol. The summed E-state index contributed by atoms with van der Waals surface area (Å²) in [5.74, 6) is -0.110. The van der Waals surface area contributed by atoms with Crippen LogP contribution in [-0.2, 0) is 11.3 Å². The van der Waals surface area contributed by atoms with Crippen molar-refractivity contribution in [2.45, 2.75) is 6.54 Å². The Hall–Kier alpha value is -4.43. The van der Waals surface area contributed by atoms with Crippen molar-refractivity contribution in [2.24, 2.45) is 0 Å². The van der Waals surface area contributed by atoms with Crippen LogP contribution in [0.3, 0.4) is 0 Å². The molecule has 170 valence electrons. The maximum Gasteiger partial charge on any atom is 0.269 e. The molecular weight excluding hydrogens is 434 g/mol. The van der Waals surface area contributed by atoms with Gasteiger partial charge in [0.05, 0.1) is 9.85 Å². The van der Waals surface area contributed by atoms with Gasteiger partial charge in [0, 0.05) is 55.0 Å². The Bertz CT molecular complexity index is 1200. The predicted octanol–water partition coefficient (Wildman–Crippen LogP) is 5.05. The number of benzene rings is 3. The summed E-state index contributed by atoms with van der Waals surface area (Å²) in [6, 6.07) is 22.0. The average molecular weight is 455 g/mol. The lowest BCUT2D eigenvalue weighted by molar-refractivity contribution is -0.385. The van der Waals surface area contributed by atoms with Crippen molar-refractivity contribution >= 4 is 29.3 Å². The molecule has 1 heterocycles. The molecule has 0 amide bonds. The van der Waals surface area contributed by atoms with Gasteiger partial charge in [-0.2, -0.15) is 0 Å². The first-order valence-corrected chi connectivity index (χ1v) is 10.6. The lowest BCUT2D eigenvalue weighted by Crippen LogP contribution is -2.37. The molecule has 0 unspecified atom stereocenters. The minimum atomic E-state index is -0.463. The number of likely N-dealkylation sites (tertiary alicyclic amines) is 1. The molecule has 0 atom stereocenters. The molecule has 0 saturated carbocycles. The topological polar surface area (TPSA) is 107 Å². The summed E-state index contributed by atoms with van der Waals surface area (Å²) >= 11 is 0. The van der Waals surface area contributed by atoms with E-state index in [1.165, 1.54) is 24.3 Å². The first-order valence-electron chi connectivity index (χ1n) is 10.6. The van der Waals surface area contributed by atoms with E-state index in [4.69, 9.17) is 0 Å². The van der Waals surface area contributed by atoms with Crippen molar-refractivity contribution in [3.05, 3.63) is 127 Å². The number of hydrogen-bond acceptors (Lipinski definition) is 6. The number of rotatable bonds is 6. The second kappa shape index (κ2) is 10.0. The number of carbonyl (C=O) groups is 1. The van der Waals surface area contributed by atoms with E-state index in [1.807, 2.05) is 30.3 Å². The molecule has 0 spiro atoms. The molecule has 4 rings (SSSR count). The molecule has 1 aliphatic heterocycles. The van der Waals surface area contributed by atoms with Crippen LogP contribution in [0.5, 0.6) is 0 Å². The molecule has 0 aliphatic carbocycles. The predicted molar refractivity (Wildman–Crippen MR) is 129 cm³/mol. The maximum absolute atomic E-state index is 13.3. The number of hydrogen-bond donors (Lipinski definition) is 0. The average Bonchev–Trinajstić information content (AvgIpc) is 2.83. The minimum absolute atomic E-state index is 0.0124. The molecule has 0 bridgehead atoms. The van der Waals surface area contributed by atoms with E-state index >= 15 is 0 Å². The Labute approximate surface area is 195 Å². The van der Waals surface area contributed by atoms with Crippen LogP contribution in [0.2, 0.25) is 0 Å². The van der Waals surface area contributed by atoms with Crippen molar-refractivity contribution in [2.75, 3.05) is 13.1 Å². The van der Waals surface area contributed by atoms with Gasteiger partial charge in [0.25, 0.3) is 11.4 Å². The first kappa shape index (κ1) is 22.8. The molecule has 3 aromatic rings. The molecule has 3 aromatic carbocycles. The van der Waals surface area contributed by atoms with Crippen LogP contribution in [0.1, 0.15) is 16.7 Å². The molecule has 1 fully saturated rings. The van der Waals surface area contributed by atoms with Crippen LogP contribution in [0, 0.1) is 20.2 Å². The summed E-state index contributed by atoms with van der Waals surface area (Å²) in [5, 5.41) is 21.9. The number of piperidine rings is 1. The Morgan fingerprint density at radius 2 is 1.15 bits per heavy atom. The highest BCUT2D eigenvalue weighted by molar-refractivity contribution is 6.14. The Balaban J connectivity index is 1.66. The molecule has 1 aliphatic rings. The van der Waals surface area contributed by atoms with E-state index in [9.17, 15) is 25.0 Å². The van der Waals surface area contributed by atoms with Gasteiger partial charge >= 0.3 is 0 Å². The van der Waals surface area contributed by atoms with Crippen LogP contribution in [-0.4, -0.2) is 33.6 Å². The third-order valence-corrected chi connectivity index (χ3v) is 5.51. The Morgan fingerprint density at radius 3 is 1.56 bits per heavy atom. The van der Waals surface area contributed by atoms with Gasteiger partial charge in [0.1, 0.15) is 0 Å². The molecule has 0 aromatic heterocycles. The van der Waals surface area contributed by atoms with Crippen molar-refractivity contribution in [3.63, 3.8) is 0 Å². The highest BCUT2D eigenvalue weighted by Gasteiger charge is 2.26. The fraction of sp³-hybridized carbons (Fsp3) is 0.115. The minimum Gasteiger partial charge on any atom is -0.290 e. The zero-order valence-corrected chi connectivity index (χ0v) is 18.2. The highest BCUT2D eigenvalue weighted by atomic mass is 16.6. The highest BCUT2D eigenvalue weighted by Crippen LogP contribution is 2.25. The summed E-state index contributed by atoms with van der Waals surface area (Å²) in [4.78, 5) is 36.4. The van der Waals surface area contributed by atoms with E-state index in [-0.39, 0.29) is 17.2 Å². The van der Waals surface area contributed by atoms with Crippen molar-refractivity contribution in [3.8, 4) is 0 Å². The smallest absolute Gasteiger partial charge is 0.269 e. The van der Waals surface area contributed by atoms with E-state index < -0.39 is 9.85 Å². The third-order valence-electron chi connectivity index (χ3n) is 5.51. The van der Waals surface area contributed by atoms with Crippen LogP contribution < -0.4 is 0 Å². The Kier molecular flexibility index (Phi) is 6.70. The summed E-state index contributed by atoms with van der Waals surface area (Å²) in [7, 11) is 0. The summed E-state index contributed by atoms with van der Waals surface area (Å²) in [5.41, 5.74) is 3.63. The maximum atomic E-state index is 13.3. The molecule has 0 radical (unpaired) electrons. The van der Waals surface area contributed by atoms with Gasteiger partial charge in [-0.15, -0.1) is 0 Å². The summed E-state index contributed by atoms with van der Waals surface area (Å²) < 4.78 is 0. The van der Waals surface area contributed by atoms with Crippen molar-refractivity contribution < 1.29 is 14.6 Å². The van der Waals surface area contributed by atoms with Crippen LogP contribution in [0.4, 0.5) is 11.4 Å². The van der Waals surface area contributed by atoms with Gasteiger partial charge in [0.2, 0.25) is 0 Å². The van der Waals surface area contributed by atoms with Crippen molar-refractivity contribution in [1.82, 2.24) is 4.90 Å². The van der Waals surface area contributed by atoms with Gasteiger partial charge in [-0.25, -0.2) is 0 Å². The molecule has 8 heteroatoms. The number of non-ortho nitro benzene ring substituents is 2.